The second-order valence-corrected chi connectivity index (χ2v) is 4.06. The highest BCUT2D eigenvalue weighted by Gasteiger charge is 2.09. The summed E-state index contributed by atoms with van der Waals surface area (Å²) in [6.45, 7) is 0.307. The fraction of sp³-hybridized carbons (Fsp3) is 0.143. The molecular formula is C14H14F2N2O. The molecule has 0 saturated heterocycles. The Balaban J connectivity index is 2.10. The minimum absolute atomic E-state index is 0.0602. The van der Waals surface area contributed by atoms with E-state index in [1.807, 2.05) is 12.1 Å². The number of nitrogen functional groups attached to an aromatic ring is 1. The van der Waals surface area contributed by atoms with Crippen LogP contribution in [-0.4, -0.2) is 7.11 Å². The number of benzene rings is 2. The van der Waals surface area contributed by atoms with E-state index in [0.717, 1.165) is 23.4 Å². The number of hydrogen-bond acceptors (Lipinski definition) is 3. The summed E-state index contributed by atoms with van der Waals surface area (Å²) < 4.78 is 32.1. The summed E-state index contributed by atoms with van der Waals surface area (Å²) in [6.07, 6.45) is 0. The standard InChI is InChI=1S/C14H14F2N2O/c1-19-11-4-2-9(3-5-11)8-18-14-12(15)6-10(17)7-13(14)16/h2-7,18H,8,17H2,1H3. The van der Waals surface area contributed by atoms with Crippen LogP contribution >= 0.6 is 0 Å². The summed E-state index contributed by atoms with van der Waals surface area (Å²) >= 11 is 0. The first kappa shape index (κ1) is 13.1. The molecule has 2 aromatic rings. The quantitative estimate of drug-likeness (QED) is 0.834. The normalized spacial score (nSPS) is 10.3. The molecule has 0 amide bonds. The molecule has 0 fully saturated rings. The Kier molecular flexibility index (Phi) is 3.85. The van der Waals surface area contributed by atoms with Gasteiger partial charge in [0.2, 0.25) is 0 Å². The molecule has 0 atom stereocenters. The number of hydrogen-bond donors (Lipinski definition) is 2. The van der Waals surface area contributed by atoms with Gasteiger partial charge in [-0.1, -0.05) is 12.1 Å². The van der Waals surface area contributed by atoms with Gasteiger partial charge in [0.15, 0.2) is 11.6 Å². The molecule has 3 nitrogen and oxygen atoms in total. The van der Waals surface area contributed by atoms with E-state index < -0.39 is 11.6 Å². The highest BCUT2D eigenvalue weighted by Crippen LogP contribution is 2.22. The molecule has 0 aromatic heterocycles. The monoisotopic (exact) mass is 264 g/mol. The van der Waals surface area contributed by atoms with Crippen LogP contribution in [0.4, 0.5) is 20.2 Å². The zero-order valence-corrected chi connectivity index (χ0v) is 10.4. The lowest BCUT2D eigenvalue weighted by molar-refractivity contribution is 0.414. The van der Waals surface area contributed by atoms with E-state index in [0.29, 0.717) is 6.54 Å². The van der Waals surface area contributed by atoms with Crippen LogP contribution in [0, 0.1) is 11.6 Å². The molecule has 3 N–H and O–H groups in total. The van der Waals surface area contributed by atoms with Gasteiger partial charge in [0, 0.05) is 12.2 Å². The van der Waals surface area contributed by atoms with Crippen LogP contribution in [0.1, 0.15) is 5.56 Å². The molecule has 19 heavy (non-hydrogen) atoms. The third-order valence-electron chi connectivity index (χ3n) is 2.69. The van der Waals surface area contributed by atoms with Crippen molar-refractivity contribution in [2.75, 3.05) is 18.2 Å². The average Bonchev–Trinajstić information content (AvgIpc) is 2.38. The van der Waals surface area contributed by atoms with Crippen LogP contribution < -0.4 is 15.8 Å². The van der Waals surface area contributed by atoms with Gasteiger partial charge in [-0.3, -0.25) is 0 Å². The van der Waals surface area contributed by atoms with Gasteiger partial charge in [-0.2, -0.15) is 0 Å². The Morgan fingerprint density at radius 3 is 2.21 bits per heavy atom. The van der Waals surface area contributed by atoms with Crippen molar-refractivity contribution in [2.24, 2.45) is 0 Å². The minimum Gasteiger partial charge on any atom is -0.497 e. The number of nitrogens with one attached hydrogen (secondary N) is 1. The first-order valence-corrected chi connectivity index (χ1v) is 5.71. The third kappa shape index (κ3) is 3.13. The van der Waals surface area contributed by atoms with Crippen molar-refractivity contribution in [2.45, 2.75) is 6.54 Å². The molecule has 0 aliphatic heterocycles. The third-order valence-corrected chi connectivity index (χ3v) is 2.69. The van der Waals surface area contributed by atoms with Gasteiger partial charge in [-0.05, 0) is 29.8 Å². The van der Waals surface area contributed by atoms with Gasteiger partial charge >= 0.3 is 0 Å². The molecule has 2 aromatic carbocycles. The summed E-state index contributed by atoms with van der Waals surface area (Å²) in [7, 11) is 1.58. The Morgan fingerprint density at radius 1 is 1.11 bits per heavy atom. The van der Waals surface area contributed by atoms with Crippen molar-refractivity contribution in [3.8, 4) is 5.75 Å². The SMILES string of the molecule is COc1ccc(CNc2c(F)cc(N)cc2F)cc1. The smallest absolute Gasteiger partial charge is 0.151 e. The first-order chi connectivity index (χ1) is 9.10. The van der Waals surface area contributed by atoms with E-state index in [1.165, 1.54) is 0 Å². The Morgan fingerprint density at radius 2 is 1.68 bits per heavy atom. The summed E-state index contributed by atoms with van der Waals surface area (Å²) in [6, 6.07) is 9.37. The van der Waals surface area contributed by atoms with E-state index in [1.54, 1.807) is 19.2 Å². The summed E-state index contributed by atoms with van der Waals surface area (Å²) in [4.78, 5) is 0. The lowest BCUT2D eigenvalue weighted by Crippen LogP contribution is -2.04. The lowest BCUT2D eigenvalue weighted by Gasteiger charge is -2.10. The number of nitrogens with two attached hydrogens (primary N) is 1. The van der Waals surface area contributed by atoms with Crippen molar-refractivity contribution in [3.63, 3.8) is 0 Å². The second kappa shape index (κ2) is 5.56. The van der Waals surface area contributed by atoms with Gasteiger partial charge in [0.25, 0.3) is 0 Å². The zero-order chi connectivity index (χ0) is 13.8. The fourth-order valence-electron chi connectivity index (χ4n) is 1.70. The largest absolute Gasteiger partial charge is 0.497 e. The molecule has 0 radical (unpaired) electrons. The van der Waals surface area contributed by atoms with E-state index in [2.05, 4.69) is 5.32 Å². The maximum atomic E-state index is 13.5. The molecule has 0 aliphatic rings. The van der Waals surface area contributed by atoms with Gasteiger partial charge in [-0.25, -0.2) is 8.78 Å². The number of anilines is 2. The molecule has 0 heterocycles. The molecular weight excluding hydrogens is 250 g/mol. The van der Waals surface area contributed by atoms with Crippen molar-refractivity contribution >= 4 is 11.4 Å². The lowest BCUT2D eigenvalue weighted by atomic mass is 10.2. The van der Waals surface area contributed by atoms with Gasteiger partial charge < -0.3 is 15.8 Å². The van der Waals surface area contributed by atoms with E-state index in [4.69, 9.17) is 10.5 Å². The molecule has 0 bridgehead atoms. The Bertz CT molecular complexity index is 547. The Labute approximate surface area is 110 Å². The zero-order valence-electron chi connectivity index (χ0n) is 10.4. The molecule has 0 spiro atoms. The van der Waals surface area contributed by atoms with Crippen LogP contribution in [0.5, 0.6) is 5.75 Å². The molecule has 2 rings (SSSR count). The number of rotatable bonds is 4. The molecule has 0 aliphatic carbocycles. The number of methoxy groups -OCH3 is 1. The average molecular weight is 264 g/mol. The van der Waals surface area contributed by atoms with Crippen molar-refractivity contribution in [3.05, 3.63) is 53.6 Å². The van der Waals surface area contributed by atoms with Crippen LogP contribution in [0.3, 0.4) is 0 Å². The molecule has 100 valence electrons. The van der Waals surface area contributed by atoms with E-state index >= 15 is 0 Å². The van der Waals surface area contributed by atoms with Crippen LogP contribution in [0.25, 0.3) is 0 Å². The molecule has 0 saturated carbocycles. The summed E-state index contributed by atoms with van der Waals surface area (Å²) in [5.41, 5.74) is 6.12. The van der Waals surface area contributed by atoms with E-state index in [9.17, 15) is 8.78 Å². The van der Waals surface area contributed by atoms with Crippen LogP contribution in [0.15, 0.2) is 36.4 Å². The maximum absolute atomic E-state index is 13.5. The maximum Gasteiger partial charge on any atom is 0.151 e. The van der Waals surface area contributed by atoms with E-state index in [-0.39, 0.29) is 11.4 Å². The molecule has 0 unspecified atom stereocenters. The number of ether oxygens (including phenoxy) is 1. The highest BCUT2D eigenvalue weighted by atomic mass is 19.1. The minimum atomic E-state index is -0.703. The highest BCUT2D eigenvalue weighted by molar-refractivity contribution is 5.54. The van der Waals surface area contributed by atoms with Gasteiger partial charge in [-0.15, -0.1) is 0 Å². The van der Waals surface area contributed by atoms with Crippen LogP contribution in [-0.2, 0) is 6.54 Å². The predicted molar refractivity (Wildman–Crippen MR) is 71.1 cm³/mol. The van der Waals surface area contributed by atoms with Gasteiger partial charge in [0.1, 0.15) is 11.4 Å². The van der Waals surface area contributed by atoms with Crippen molar-refractivity contribution in [1.82, 2.24) is 0 Å². The predicted octanol–water partition coefficient (Wildman–Crippen LogP) is 3.17. The summed E-state index contributed by atoms with van der Waals surface area (Å²) in [5, 5.41) is 2.72. The number of halogens is 2. The van der Waals surface area contributed by atoms with Gasteiger partial charge in [0.05, 0.1) is 7.11 Å². The second-order valence-electron chi connectivity index (χ2n) is 4.06. The topological polar surface area (TPSA) is 47.3 Å². The van der Waals surface area contributed by atoms with Crippen LogP contribution in [0.2, 0.25) is 0 Å². The Hall–Kier alpha value is -2.30. The molecule has 5 heteroatoms. The van der Waals surface area contributed by atoms with Crippen molar-refractivity contribution < 1.29 is 13.5 Å². The summed E-state index contributed by atoms with van der Waals surface area (Å²) in [5.74, 6) is -0.675. The van der Waals surface area contributed by atoms with Crippen molar-refractivity contribution in [1.29, 1.82) is 0 Å². The fourth-order valence-corrected chi connectivity index (χ4v) is 1.70. The first-order valence-electron chi connectivity index (χ1n) is 5.71.